The average molecular weight is 262 g/mol. The number of hydrogen-bond donors (Lipinski definition) is 1. The Morgan fingerprint density at radius 2 is 2.21 bits per heavy atom. The molecule has 0 atom stereocenters. The van der Waals surface area contributed by atoms with Crippen LogP contribution in [0.5, 0.6) is 0 Å². The van der Waals surface area contributed by atoms with Crippen LogP contribution in [0.4, 0.5) is 4.39 Å². The fraction of sp³-hybridized carbons (Fsp3) is 0.462. The molecule has 19 heavy (non-hydrogen) atoms. The lowest BCUT2D eigenvalue weighted by Gasteiger charge is -1.99. The van der Waals surface area contributed by atoms with Gasteiger partial charge in [0, 0.05) is 12.5 Å². The minimum Gasteiger partial charge on any atom is -0.419 e. The Morgan fingerprint density at radius 1 is 1.32 bits per heavy atom. The Morgan fingerprint density at radius 3 is 2.95 bits per heavy atom. The normalized spacial score (nSPS) is 14.8. The minimum absolute atomic E-state index is 0.338. The highest BCUT2D eigenvalue weighted by molar-refractivity contribution is 5.45. The van der Waals surface area contributed by atoms with Gasteiger partial charge in [-0.05, 0) is 37.9 Å². The largest absolute Gasteiger partial charge is 0.419 e. The van der Waals surface area contributed by atoms with Crippen molar-refractivity contribution in [1.29, 1.82) is 0 Å². The molecule has 100 valence electrons. The monoisotopic (exact) mass is 262 g/mol. The molecule has 2 aromatic rings. The second kappa shape index (κ2) is 5.44. The fourth-order valence-electron chi connectivity index (χ4n) is 1.79. The van der Waals surface area contributed by atoms with Gasteiger partial charge in [0.15, 0.2) is 0 Å². The number of aryl methyl sites for hydroxylation is 1. The van der Waals surface area contributed by atoms with Gasteiger partial charge in [-0.1, -0.05) is 0 Å². The summed E-state index contributed by atoms with van der Waals surface area (Å²) in [6, 6.07) is 3.58. The summed E-state index contributed by atoms with van der Waals surface area (Å²) in [4.78, 5) is 3.91. The Bertz CT molecular complexity index is 536. The average Bonchev–Trinajstić information content (AvgIpc) is 3.13. The molecule has 0 radical (unpaired) electrons. The highest BCUT2D eigenvalue weighted by Crippen LogP contribution is 2.19. The van der Waals surface area contributed by atoms with E-state index in [0.29, 0.717) is 17.5 Å². The van der Waals surface area contributed by atoms with Crippen molar-refractivity contribution in [1.82, 2.24) is 20.5 Å². The summed E-state index contributed by atoms with van der Waals surface area (Å²) in [7, 11) is 0. The molecule has 6 heteroatoms. The Kier molecular flexibility index (Phi) is 3.50. The lowest BCUT2D eigenvalue weighted by molar-refractivity contribution is 0.489. The van der Waals surface area contributed by atoms with Crippen molar-refractivity contribution in [2.75, 3.05) is 6.54 Å². The molecule has 3 rings (SSSR count). The first kappa shape index (κ1) is 12.2. The first-order valence-corrected chi connectivity index (χ1v) is 6.49. The number of halogens is 1. The van der Waals surface area contributed by atoms with Crippen LogP contribution in [0.3, 0.4) is 0 Å². The maximum absolute atomic E-state index is 12.7. The van der Waals surface area contributed by atoms with Crippen LogP contribution in [-0.2, 0) is 6.42 Å². The van der Waals surface area contributed by atoms with E-state index in [2.05, 4.69) is 20.5 Å². The predicted molar refractivity (Wildman–Crippen MR) is 66.8 cm³/mol. The highest BCUT2D eigenvalue weighted by atomic mass is 19.1. The summed E-state index contributed by atoms with van der Waals surface area (Å²) < 4.78 is 18.2. The van der Waals surface area contributed by atoms with Gasteiger partial charge in [-0.25, -0.2) is 9.37 Å². The van der Waals surface area contributed by atoms with Gasteiger partial charge in [0.1, 0.15) is 11.5 Å². The van der Waals surface area contributed by atoms with Crippen LogP contribution in [0.1, 0.15) is 25.2 Å². The second-order valence-corrected chi connectivity index (χ2v) is 4.69. The van der Waals surface area contributed by atoms with Crippen LogP contribution in [0.2, 0.25) is 0 Å². The molecule has 0 amide bonds. The number of nitrogens with zero attached hydrogens (tertiary/aromatic N) is 3. The van der Waals surface area contributed by atoms with E-state index in [-0.39, 0.29) is 5.82 Å². The first-order valence-electron chi connectivity index (χ1n) is 6.49. The molecular formula is C13H15FN4O. The van der Waals surface area contributed by atoms with Crippen molar-refractivity contribution in [3.63, 3.8) is 0 Å². The standard InChI is InChI=1S/C13H15FN4O/c14-9-3-6-11(16-8-9)13-18-17-12(19-13)2-1-7-15-10-4-5-10/h3,6,8,10,15H,1-2,4-5,7H2. The van der Waals surface area contributed by atoms with Gasteiger partial charge < -0.3 is 9.73 Å². The van der Waals surface area contributed by atoms with Crippen LogP contribution < -0.4 is 5.32 Å². The van der Waals surface area contributed by atoms with Crippen molar-refractivity contribution in [3.05, 3.63) is 30.0 Å². The third-order valence-electron chi connectivity index (χ3n) is 2.99. The van der Waals surface area contributed by atoms with Crippen LogP contribution in [0.25, 0.3) is 11.6 Å². The van der Waals surface area contributed by atoms with Gasteiger partial charge in [-0.2, -0.15) is 0 Å². The zero-order chi connectivity index (χ0) is 13.1. The van der Waals surface area contributed by atoms with Crippen LogP contribution in [-0.4, -0.2) is 27.8 Å². The van der Waals surface area contributed by atoms with Crippen LogP contribution in [0, 0.1) is 5.82 Å². The quantitative estimate of drug-likeness (QED) is 0.806. The molecule has 0 bridgehead atoms. The smallest absolute Gasteiger partial charge is 0.266 e. The summed E-state index contributed by atoms with van der Waals surface area (Å²) in [5.74, 6) is 0.554. The summed E-state index contributed by atoms with van der Waals surface area (Å²) in [6.07, 6.45) is 5.43. The van der Waals surface area contributed by atoms with Gasteiger partial charge in [0.25, 0.3) is 5.89 Å². The van der Waals surface area contributed by atoms with E-state index < -0.39 is 0 Å². The second-order valence-electron chi connectivity index (χ2n) is 4.69. The molecule has 0 aromatic carbocycles. The minimum atomic E-state index is -0.380. The summed E-state index contributed by atoms with van der Waals surface area (Å²) in [6.45, 7) is 0.969. The predicted octanol–water partition coefficient (Wildman–Crippen LogP) is 1.96. The lowest BCUT2D eigenvalue weighted by atomic mass is 10.3. The van der Waals surface area contributed by atoms with Gasteiger partial charge >= 0.3 is 0 Å². The third-order valence-corrected chi connectivity index (χ3v) is 2.99. The van der Waals surface area contributed by atoms with E-state index in [1.807, 2.05) is 0 Å². The first-order chi connectivity index (χ1) is 9.31. The number of pyridine rings is 1. The Balaban J connectivity index is 1.54. The molecule has 1 aliphatic rings. The number of nitrogens with one attached hydrogen (secondary N) is 1. The van der Waals surface area contributed by atoms with Gasteiger partial charge in [-0.3, -0.25) is 0 Å². The molecular weight excluding hydrogens is 247 g/mol. The fourth-order valence-corrected chi connectivity index (χ4v) is 1.79. The van der Waals surface area contributed by atoms with Gasteiger partial charge in [0.05, 0.1) is 6.20 Å². The van der Waals surface area contributed by atoms with Crippen molar-refractivity contribution in [3.8, 4) is 11.6 Å². The lowest BCUT2D eigenvalue weighted by Crippen LogP contribution is -2.17. The number of aromatic nitrogens is 3. The van der Waals surface area contributed by atoms with Crippen LogP contribution >= 0.6 is 0 Å². The Labute approximate surface area is 110 Å². The number of hydrogen-bond acceptors (Lipinski definition) is 5. The molecule has 0 saturated heterocycles. The zero-order valence-electron chi connectivity index (χ0n) is 10.5. The maximum atomic E-state index is 12.7. The molecule has 2 aromatic heterocycles. The van der Waals surface area contributed by atoms with E-state index in [1.54, 1.807) is 0 Å². The maximum Gasteiger partial charge on any atom is 0.266 e. The molecule has 1 N–H and O–H groups in total. The Hall–Kier alpha value is -1.82. The molecule has 0 aliphatic heterocycles. The van der Waals surface area contributed by atoms with E-state index in [1.165, 1.54) is 25.0 Å². The molecule has 0 unspecified atom stereocenters. The van der Waals surface area contributed by atoms with E-state index in [9.17, 15) is 4.39 Å². The van der Waals surface area contributed by atoms with Crippen molar-refractivity contribution < 1.29 is 8.81 Å². The van der Waals surface area contributed by atoms with E-state index in [4.69, 9.17) is 4.42 Å². The topological polar surface area (TPSA) is 63.8 Å². The van der Waals surface area contributed by atoms with Crippen LogP contribution in [0.15, 0.2) is 22.7 Å². The molecule has 1 aliphatic carbocycles. The van der Waals surface area contributed by atoms with Gasteiger partial charge in [0.2, 0.25) is 5.89 Å². The molecule has 5 nitrogen and oxygen atoms in total. The molecule has 0 spiro atoms. The highest BCUT2D eigenvalue weighted by Gasteiger charge is 2.19. The van der Waals surface area contributed by atoms with Crippen molar-refractivity contribution in [2.45, 2.75) is 31.7 Å². The number of rotatable bonds is 6. The molecule has 1 fully saturated rings. The summed E-state index contributed by atoms with van der Waals surface area (Å²) >= 11 is 0. The summed E-state index contributed by atoms with van der Waals surface area (Å²) in [5.41, 5.74) is 0.497. The zero-order valence-corrected chi connectivity index (χ0v) is 10.5. The third kappa shape index (κ3) is 3.35. The summed E-state index contributed by atoms with van der Waals surface area (Å²) in [5, 5.41) is 11.3. The van der Waals surface area contributed by atoms with Crippen molar-refractivity contribution in [2.24, 2.45) is 0 Å². The molecule has 2 heterocycles. The van der Waals surface area contributed by atoms with Crippen molar-refractivity contribution >= 4 is 0 Å². The van der Waals surface area contributed by atoms with E-state index >= 15 is 0 Å². The van der Waals surface area contributed by atoms with E-state index in [0.717, 1.165) is 31.6 Å². The molecule has 1 saturated carbocycles. The van der Waals surface area contributed by atoms with Gasteiger partial charge in [-0.15, -0.1) is 10.2 Å². The SMILES string of the molecule is Fc1ccc(-c2nnc(CCCNC3CC3)o2)nc1.